The quantitative estimate of drug-likeness (QED) is 0.758. The Morgan fingerprint density at radius 1 is 0.933 bits per heavy atom. The Balaban J connectivity index is 1.12. The number of pyridine rings is 1. The third kappa shape index (κ3) is 4.61. The highest BCUT2D eigenvalue weighted by molar-refractivity contribution is 5.44. The van der Waals surface area contributed by atoms with Gasteiger partial charge in [-0.2, -0.15) is 0 Å². The highest BCUT2D eigenvalue weighted by atomic mass is 16.7. The molecule has 0 N–H and O–H groups in total. The van der Waals surface area contributed by atoms with Crippen LogP contribution < -0.4 is 9.47 Å². The van der Waals surface area contributed by atoms with E-state index in [-0.39, 0.29) is 0 Å². The molecule has 6 heteroatoms. The first kappa shape index (κ1) is 19.8. The van der Waals surface area contributed by atoms with Gasteiger partial charge in [-0.25, -0.2) is 0 Å². The number of likely N-dealkylation sites (tertiary alicyclic amines) is 1. The summed E-state index contributed by atoms with van der Waals surface area (Å²) >= 11 is 0. The number of rotatable bonds is 5. The minimum atomic E-state index is 0.343. The summed E-state index contributed by atoms with van der Waals surface area (Å²) in [5.41, 5.74) is 3.62. The Morgan fingerprint density at radius 2 is 1.80 bits per heavy atom. The highest BCUT2D eigenvalue weighted by Crippen LogP contribution is 2.33. The van der Waals surface area contributed by atoms with Crippen LogP contribution in [0.2, 0.25) is 0 Å². The summed E-state index contributed by atoms with van der Waals surface area (Å²) in [6.07, 6.45) is 2.60. The fraction of sp³-hybridized carbons (Fsp3) is 0.542. The number of aromatic nitrogens is 1. The van der Waals surface area contributed by atoms with Crippen molar-refractivity contribution < 1.29 is 9.47 Å². The van der Waals surface area contributed by atoms with Crippen LogP contribution in [0.1, 0.15) is 29.8 Å². The van der Waals surface area contributed by atoms with E-state index in [4.69, 9.17) is 14.5 Å². The molecule has 1 aromatic carbocycles. The maximum Gasteiger partial charge on any atom is 0.231 e. The van der Waals surface area contributed by atoms with Crippen molar-refractivity contribution in [2.24, 2.45) is 0 Å². The molecule has 6 nitrogen and oxygen atoms in total. The zero-order valence-corrected chi connectivity index (χ0v) is 17.9. The molecule has 0 spiro atoms. The van der Waals surface area contributed by atoms with Gasteiger partial charge in [0.2, 0.25) is 6.79 Å². The smallest absolute Gasteiger partial charge is 0.231 e. The van der Waals surface area contributed by atoms with Gasteiger partial charge in [0.1, 0.15) is 0 Å². The van der Waals surface area contributed by atoms with Crippen molar-refractivity contribution in [3.8, 4) is 11.5 Å². The van der Waals surface area contributed by atoms with Gasteiger partial charge in [-0.1, -0.05) is 12.1 Å². The van der Waals surface area contributed by atoms with Gasteiger partial charge < -0.3 is 9.47 Å². The summed E-state index contributed by atoms with van der Waals surface area (Å²) in [5.74, 6) is 1.75. The molecule has 3 aliphatic heterocycles. The van der Waals surface area contributed by atoms with Crippen LogP contribution in [0, 0.1) is 6.92 Å². The average Bonchev–Trinajstić information content (AvgIpc) is 3.22. The largest absolute Gasteiger partial charge is 0.454 e. The number of aryl methyl sites for hydroxylation is 1. The molecule has 2 fully saturated rings. The maximum absolute atomic E-state index is 5.53. The minimum absolute atomic E-state index is 0.343. The summed E-state index contributed by atoms with van der Waals surface area (Å²) in [6, 6.07) is 13.4. The molecule has 1 aromatic heterocycles. The molecule has 2 aromatic rings. The molecule has 0 bridgehead atoms. The molecule has 4 heterocycles. The van der Waals surface area contributed by atoms with Crippen LogP contribution in [-0.2, 0) is 13.1 Å². The zero-order chi connectivity index (χ0) is 20.3. The third-order valence-corrected chi connectivity index (χ3v) is 6.58. The monoisotopic (exact) mass is 408 g/mol. The lowest BCUT2D eigenvalue weighted by molar-refractivity contribution is 0.0474. The second kappa shape index (κ2) is 8.92. The molecule has 160 valence electrons. The summed E-state index contributed by atoms with van der Waals surface area (Å²) in [7, 11) is 0. The van der Waals surface area contributed by atoms with Gasteiger partial charge >= 0.3 is 0 Å². The van der Waals surface area contributed by atoms with Crippen LogP contribution in [-0.4, -0.2) is 71.8 Å². The first-order chi connectivity index (χ1) is 14.7. The van der Waals surface area contributed by atoms with Crippen LogP contribution in [0.15, 0.2) is 36.4 Å². The van der Waals surface area contributed by atoms with Crippen molar-refractivity contribution in [3.05, 3.63) is 53.3 Å². The van der Waals surface area contributed by atoms with Crippen molar-refractivity contribution in [1.29, 1.82) is 0 Å². The molecular weight excluding hydrogens is 376 g/mol. The van der Waals surface area contributed by atoms with E-state index in [9.17, 15) is 0 Å². The lowest BCUT2D eigenvalue weighted by atomic mass is 10.0. The number of benzene rings is 1. The van der Waals surface area contributed by atoms with Gasteiger partial charge in [-0.15, -0.1) is 0 Å². The predicted molar refractivity (Wildman–Crippen MR) is 117 cm³/mol. The third-order valence-electron chi connectivity index (χ3n) is 6.58. The number of piperazine rings is 1. The van der Waals surface area contributed by atoms with Crippen LogP contribution >= 0.6 is 0 Å². The van der Waals surface area contributed by atoms with Crippen molar-refractivity contribution in [3.63, 3.8) is 0 Å². The fourth-order valence-corrected chi connectivity index (χ4v) is 4.97. The second-order valence-electron chi connectivity index (χ2n) is 8.80. The van der Waals surface area contributed by atoms with Crippen LogP contribution in [0.5, 0.6) is 11.5 Å². The normalized spacial score (nSPS) is 23.0. The summed E-state index contributed by atoms with van der Waals surface area (Å²) < 4.78 is 11.0. The van der Waals surface area contributed by atoms with Crippen molar-refractivity contribution in [1.82, 2.24) is 19.7 Å². The van der Waals surface area contributed by atoms with Gasteiger partial charge in [0.15, 0.2) is 11.5 Å². The Morgan fingerprint density at radius 3 is 2.67 bits per heavy atom. The van der Waals surface area contributed by atoms with Crippen LogP contribution in [0.3, 0.4) is 0 Å². The molecule has 1 atom stereocenters. The number of fused-ring (bicyclic) bond motifs is 1. The van der Waals surface area contributed by atoms with Crippen molar-refractivity contribution >= 4 is 0 Å². The summed E-state index contributed by atoms with van der Waals surface area (Å²) in [6.45, 7) is 11.3. The van der Waals surface area contributed by atoms with Gasteiger partial charge in [-0.05, 0) is 56.1 Å². The number of nitrogens with zero attached hydrogens (tertiary/aromatic N) is 4. The average molecular weight is 409 g/mol. The van der Waals surface area contributed by atoms with Gasteiger partial charge in [0, 0.05) is 57.5 Å². The molecule has 0 saturated carbocycles. The Labute approximate surface area is 179 Å². The molecule has 0 amide bonds. The lowest BCUT2D eigenvalue weighted by Gasteiger charge is -2.43. The van der Waals surface area contributed by atoms with E-state index in [1.165, 1.54) is 30.6 Å². The van der Waals surface area contributed by atoms with E-state index >= 15 is 0 Å². The van der Waals surface area contributed by atoms with E-state index in [2.05, 4.69) is 52.0 Å². The lowest BCUT2D eigenvalue weighted by Crippen LogP contribution is -2.54. The molecule has 3 aliphatic rings. The number of hydrogen-bond acceptors (Lipinski definition) is 6. The second-order valence-corrected chi connectivity index (χ2v) is 8.80. The highest BCUT2D eigenvalue weighted by Gasteiger charge is 2.28. The molecule has 0 radical (unpaired) electrons. The number of ether oxygens (including phenoxy) is 2. The van der Waals surface area contributed by atoms with E-state index in [0.29, 0.717) is 12.8 Å². The zero-order valence-electron chi connectivity index (χ0n) is 17.9. The molecule has 5 rings (SSSR count). The topological polar surface area (TPSA) is 41.1 Å². The van der Waals surface area contributed by atoms with Gasteiger partial charge in [0.25, 0.3) is 0 Å². The predicted octanol–water partition coefficient (Wildman–Crippen LogP) is 2.90. The molecule has 2 saturated heterocycles. The van der Waals surface area contributed by atoms with Gasteiger partial charge in [0.05, 0.1) is 5.69 Å². The first-order valence-corrected chi connectivity index (χ1v) is 11.2. The number of hydrogen-bond donors (Lipinski definition) is 0. The van der Waals surface area contributed by atoms with Gasteiger partial charge in [-0.3, -0.25) is 19.7 Å². The number of piperidine rings is 1. The van der Waals surface area contributed by atoms with E-state index in [1.54, 1.807) is 0 Å². The maximum atomic E-state index is 5.53. The molecule has 30 heavy (non-hydrogen) atoms. The van der Waals surface area contributed by atoms with E-state index in [1.807, 2.05) is 6.07 Å². The first-order valence-electron chi connectivity index (χ1n) is 11.2. The Kier molecular flexibility index (Phi) is 5.88. The van der Waals surface area contributed by atoms with E-state index < -0.39 is 0 Å². The van der Waals surface area contributed by atoms with Crippen molar-refractivity contribution in [2.75, 3.05) is 46.1 Å². The summed E-state index contributed by atoms with van der Waals surface area (Å²) in [4.78, 5) is 12.6. The standard InChI is InChI=1S/C24H32N4O2/c1-19-4-2-5-21(25-19)16-27-9-3-6-22(17-27)28-12-10-26(11-13-28)15-20-7-8-23-24(14-20)30-18-29-23/h2,4-5,7-8,14,22H,3,6,9-13,15-18H2,1H3/t22-/m1/s1. The Bertz CT molecular complexity index is 866. The van der Waals surface area contributed by atoms with Crippen LogP contribution in [0.25, 0.3) is 0 Å². The molecule has 0 unspecified atom stereocenters. The van der Waals surface area contributed by atoms with Crippen molar-refractivity contribution in [2.45, 2.75) is 38.9 Å². The van der Waals surface area contributed by atoms with Crippen LogP contribution in [0.4, 0.5) is 0 Å². The SMILES string of the molecule is Cc1cccc(CN2CCC[C@@H](N3CCN(Cc4ccc5c(c4)OCO5)CC3)C2)n1. The minimum Gasteiger partial charge on any atom is -0.454 e. The summed E-state index contributed by atoms with van der Waals surface area (Å²) in [5, 5.41) is 0. The molecular formula is C24H32N4O2. The Hall–Kier alpha value is -2.15. The fourth-order valence-electron chi connectivity index (χ4n) is 4.97. The van der Waals surface area contributed by atoms with E-state index in [0.717, 1.165) is 63.0 Å². The molecule has 0 aliphatic carbocycles.